The summed E-state index contributed by atoms with van der Waals surface area (Å²) in [4.78, 5) is 0. The quantitative estimate of drug-likeness (QED) is 0.633. The van der Waals surface area contributed by atoms with Gasteiger partial charge in [0, 0.05) is 25.2 Å². The van der Waals surface area contributed by atoms with E-state index in [0.717, 1.165) is 6.54 Å². The van der Waals surface area contributed by atoms with Crippen molar-refractivity contribution in [2.75, 3.05) is 26.3 Å². The summed E-state index contributed by atoms with van der Waals surface area (Å²) in [6.07, 6.45) is -4.23. The van der Waals surface area contributed by atoms with Gasteiger partial charge in [0.1, 0.15) is 6.61 Å². The highest BCUT2D eigenvalue weighted by atomic mass is 19.4. The molecule has 0 bridgehead atoms. The third-order valence-electron chi connectivity index (χ3n) is 1.84. The number of hydrogen-bond donors (Lipinski definition) is 2. The van der Waals surface area contributed by atoms with Crippen molar-refractivity contribution in [3.05, 3.63) is 0 Å². The fourth-order valence-electron chi connectivity index (χ4n) is 1.05. The maximum absolute atomic E-state index is 11.7. The Hall–Kier alpha value is -0.330. The molecule has 16 heavy (non-hydrogen) atoms. The maximum atomic E-state index is 11.7. The van der Waals surface area contributed by atoms with Gasteiger partial charge in [-0.25, -0.2) is 0 Å². The Morgan fingerprint density at radius 2 is 1.75 bits per heavy atom. The summed E-state index contributed by atoms with van der Waals surface area (Å²) < 4.78 is 39.6. The molecule has 0 saturated heterocycles. The van der Waals surface area contributed by atoms with E-state index in [1.54, 1.807) is 0 Å². The molecule has 0 aromatic rings. The first-order chi connectivity index (χ1) is 7.31. The van der Waals surface area contributed by atoms with Crippen LogP contribution in [-0.4, -0.2) is 44.6 Å². The van der Waals surface area contributed by atoms with E-state index in [4.69, 9.17) is 0 Å². The van der Waals surface area contributed by atoms with E-state index in [9.17, 15) is 13.2 Å². The lowest BCUT2D eigenvalue weighted by atomic mass is 10.3. The lowest BCUT2D eigenvalue weighted by molar-refractivity contribution is -0.173. The number of alkyl halides is 3. The highest BCUT2D eigenvalue weighted by Gasteiger charge is 2.27. The van der Waals surface area contributed by atoms with Crippen LogP contribution in [0.25, 0.3) is 0 Å². The smallest absolute Gasteiger partial charge is 0.371 e. The van der Waals surface area contributed by atoms with E-state index in [1.807, 2.05) is 20.8 Å². The second-order valence-corrected chi connectivity index (χ2v) is 4.09. The predicted molar refractivity (Wildman–Crippen MR) is 57.5 cm³/mol. The summed E-state index contributed by atoms with van der Waals surface area (Å²) in [6, 6.07) is 0.627. The van der Waals surface area contributed by atoms with Crippen LogP contribution < -0.4 is 10.6 Å². The normalized spacial score (nSPS) is 14.4. The molecule has 0 aliphatic rings. The minimum atomic E-state index is -4.23. The second-order valence-electron chi connectivity index (χ2n) is 4.09. The van der Waals surface area contributed by atoms with E-state index in [1.165, 1.54) is 0 Å². The number of hydrogen-bond acceptors (Lipinski definition) is 3. The summed E-state index contributed by atoms with van der Waals surface area (Å²) in [6.45, 7) is 6.17. The van der Waals surface area contributed by atoms with Gasteiger partial charge >= 0.3 is 6.18 Å². The van der Waals surface area contributed by atoms with Crippen molar-refractivity contribution in [2.24, 2.45) is 0 Å². The molecule has 0 fully saturated rings. The minimum Gasteiger partial charge on any atom is -0.371 e. The highest BCUT2D eigenvalue weighted by Crippen LogP contribution is 2.13. The molecule has 2 N–H and O–H groups in total. The van der Waals surface area contributed by atoms with Crippen LogP contribution in [0.5, 0.6) is 0 Å². The maximum Gasteiger partial charge on any atom is 0.411 e. The lowest BCUT2D eigenvalue weighted by Crippen LogP contribution is -2.40. The van der Waals surface area contributed by atoms with Crippen molar-refractivity contribution in [1.29, 1.82) is 0 Å². The van der Waals surface area contributed by atoms with Crippen molar-refractivity contribution in [3.8, 4) is 0 Å². The van der Waals surface area contributed by atoms with Gasteiger partial charge in [-0.15, -0.1) is 0 Å². The summed E-state index contributed by atoms with van der Waals surface area (Å²) in [7, 11) is 0. The SMILES string of the molecule is CC(C)NCC(C)NCCOCC(F)(F)F. The minimum absolute atomic E-state index is 0.0749. The molecule has 6 heteroatoms. The summed E-state index contributed by atoms with van der Waals surface area (Å²) in [5, 5.41) is 6.30. The Balaban J connectivity index is 3.31. The van der Waals surface area contributed by atoms with Gasteiger partial charge in [0.15, 0.2) is 0 Å². The van der Waals surface area contributed by atoms with E-state index in [0.29, 0.717) is 12.6 Å². The summed E-state index contributed by atoms with van der Waals surface area (Å²) in [5.74, 6) is 0. The zero-order valence-corrected chi connectivity index (χ0v) is 10.0. The number of ether oxygens (including phenoxy) is 1. The van der Waals surface area contributed by atoms with Crippen molar-refractivity contribution >= 4 is 0 Å². The first-order valence-corrected chi connectivity index (χ1v) is 5.42. The molecule has 0 amide bonds. The van der Waals surface area contributed by atoms with Crippen molar-refractivity contribution in [3.63, 3.8) is 0 Å². The molecule has 0 aliphatic carbocycles. The molecule has 1 unspecified atom stereocenters. The van der Waals surface area contributed by atoms with Gasteiger partial charge in [0.2, 0.25) is 0 Å². The van der Waals surface area contributed by atoms with E-state index in [-0.39, 0.29) is 12.6 Å². The van der Waals surface area contributed by atoms with Crippen LogP contribution in [0, 0.1) is 0 Å². The average molecular weight is 242 g/mol. The summed E-state index contributed by atoms with van der Waals surface area (Å²) >= 11 is 0. The molecular weight excluding hydrogens is 221 g/mol. The van der Waals surface area contributed by atoms with E-state index < -0.39 is 12.8 Å². The Morgan fingerprint density at radius 3 is 2.25 bits per heavy atom. The number of rotatable bonds is 8. The van der Waals surface area contributed by atoms with E-state index in [2.05, 4.69) is 15.4 Å². The van der Waals surface area contributed by atoms with Gasteiger partial charge in [0.05, 0.1) is 6.61 Å². The van der Waals surface area contributed by atoms with Crippen LogP contribution in [0.2, 0.25) is 0 Å². The standard InChI is InChI=1S/C10H21F3N2O/c1-8(2)15-6-9(3)14-4-5-16-7-10(11,12)13/h8-9,14-15H,4-7H2,1-3H3. The Kier molecular flexibility index (Phi) is 7.70. The van der Waals surface area contributed by atoms with Crippen LogP contribution in [-0.2, 0) is 4.74 Å². The monoisotopic (exact) mass is 242 g/mol. The molecule has 0 aliphatic heterocycles. The van der Waals surface area contributed by atoms with Crippen LogP contribution in [0.1, 0.15) is 20.8 Å². The molecule has 0 spiro atoms. The van der Waals surface area contributed by atoms with Crippen molar-refractivity contribution < 1.29 is 17.9 Å². The van der Waals surface area contributed by atoms with Gasteiger partial charge in [-0.05, 0) is 6.92 Å². The largest absolute Gasteiger partial charge is 0.411 e. The lowest BCUT2D eigenvalue weighted by Gasteiger charge is -2.16. The Labute approximate surface area is 94.7 Å². The molecule has 98 valence electrons. The predicted octanol–water partition coefficient (Wildman–Crippen LogP) is 1.54. The zero-order valence-electron chi connectivity index (χ0n) is 10.0. The molecule has 0 rings (SSSR count). The third-order valence-corrected chi connectivity index (χ3v) is 1.84. The van der Waals surface area contributed by atoms with Crippen LogP contribution in [0.4, 0.5) is 13.2 Å². The fourth-order valence-corrected chi connectivity index (χ4v) is 1.05. The molecule has 3 nitrogen and oxygen atoms in total. The second kappa shape index (κ2) is 7.86. The zero-order chi connectivity index (χ0) is 12.6. The topological polar surface area (TPSA) is 33.3 Å². The Morgan fingerprint density at radius 1 is 1.12 bits per heavy atom. The molecule has 0 aromatic carbocycles. The molecule has 0 heterocycles. The number of nitrogens with one attached hydrogen (secondary N) is 2. The molecule has 0 aromatic heterocycles. The third kappa shape index (κ3) is 11.7. The van der Waals surface area contributed by atoms with Crippen molar-refractivity contribution in [1.82, 2.24) is 10.6 Å². The van der Waals surface area contributed by atoms with Crippen LogP contribution >= 0.6 is 0 Å². The van der Waals surface area contributed by atoms with Gasteiger partial charge in [0.25, 0.3) is 0 Å². The highest BCUT2D eigenvalue weighted by molar-refractivity contribution is 4.65. The Bertz CT molecular complexity index is 174. The molecule has 0 radical (unpaired) electrons. The first kappa shape index (κ1) is 15.7. The summed E-state index contributed by atoms with van der Waals surface area (Å²) in [5.41, 5.74) is 0. The van der Waals surface area contributed by atoms with Crippen molar-refractivity contribution in [2.45, 2.75) is 39.0 Å². The molecule has 1 atom stereocenters. The van der Waals surface area contributed by atoms with Crippen LogP contribution in [0.3, 0.4) is 0 Å². The van der Waals surface area contributed by atoms with Crippen LogP contribution in [0.15, 0.2) is 0 Å². The number of halogens is 3. The average Bonchev–Trinajstić information content (AvgIpc) is 2.12. The van der Waals surface area contributed by atoms with Gasteiger partial charge in [-0.2, -0.15) is 13.2 Å². The van der Waals surface area contributed by atoms with E-state index >= 15 is 0 Å². The van der Waals surface area contributed by atoms with Gasteiger partial charge in [-0.3, -0.25) is 0 Å². The van der Waals surface area contributed by atoms with Gasteiger partial charge in [-0.1, -0.05) is 13.8 Å². The molecule has 0 saturated carbocycles. The van der Waals surface area contributed by atoms with Gasteiger partial charge < -0.3 is 15.4 Å². The molecular formula is C10H21F3N2O. The first-order valence-electron chi connectivity index (χ1n) is 5.42. The fraction of sp³-hybridized carbons (Fsp3) is 1.00.